The van der Waals surface area contributed by atoms with Crippen molar-refractivity contribution in [3.05, 3.63) is 83.9 Å². The molecule has 1 saturated heterocycles. The number of carbonyl (C=O) groups is 1. The minimum Gasteiger partial charge on any atom is -0.495 e. The van der Waals surface area contributed by atoms with Gasteiger partial charge in [0.1, 0.15) is 12.3 Å². The third kappa shape index (κ3) is 5.33. The van der Waals surface area contributed by atoms with Crippen molar-refractivity contribution in [3.63, 3.8) is 0 Å². The van der Waals surface area contributed by atoms with Gasteiger partial charge in [-0.3, -0.25) is 9.10 Å². The van der Waals surface area contributed by atoms with Crippen molar-refractivity contribution in [3.8, 4) is 5.75 Å². The molecule has 1 heterocycles. The van der Waals surface area contributed by atoms with Crippen molar-refractivity contribution in [2.24, 2.45) is 0 Å². The molecule has 1 aliphatic heterocycles. The first-order valence-electron chi connectivity index (χ1n) is 12.2. The Morgan fingerprint density at radius 2 is 1.56 bits per heavy atom. The van der Waals surface area contributed by atoms with Crippen LogP contribution in [0.5, 0.6) is 5.75 Å². The highest BCUT2D eigenvalue weighted by atomic mass is 32.2. The lowest BCUT2D eigenvalue weighted by molar-refractivity contribution is -0.129. The number of benzene rings is 3. The zero-order valence-corrected chi connectivity index (χ0v) is 21.9. The minimum atomic E-state index is -3.94. The topological polar surface area (TPSA) is 70.2 Å². The standard InChI is InChI=1S/C28H33N3O4S/c1-4-23-9-5-6-10-25(23)31(36(33,34)24-15-13-22(2)14-16-24)21-28(32)30-19-17-29(18-20-30)26-11-7-8-12-27(26)35-3/h5-16H,4,17-21H2,1-3H3. The third-order valence-electron chi connectivity index (χ3n) is 6.59. The predicted octanol–water partition coefficient (Wildman–Crippen LogP) is 4.11. The summed E-state index contributed by atoms with van der Waals surface area (Å²) in [7, 11) is -2.29. The van der Waals surface area contributed by atoms with Gasteiger partial charge in [0.05, 0.1) is 23.4 Å². The number of carbonyl (C=O) groups excluding carboxylic acids is 1. The Labute approximate surface area is 214 Å². The van der Waals surface area contributed by atoms with E-state index >= 15 is 0 Å². The number of rotatable bonds is 8. The van der Waals surface area contributed by atoms with E-state index in [9.17, 15) is 13.2 Å². The van der Waals surface area contributed by atoms with Crippen LogP contribution in [-0.2, 0) is 21.2 Å². The van der Waals surface area contributed by atoms with Crippen LogP contribution in [0.1, 0.15) is 18.1 Å². The monoisotopic (exact) mass is 507 g/mol. The normalized spacial score (nSPS) is 14.0. The zero-order chi connectivity index (χ0) is 25.7. The van der Waals surface area contributed by atoms with Gasteiger partial charge in [-0.05, 0) is 49.2 Å². The number of piperazine rings is 1. The molecule has 1 aliphatic rings. The fourth-order valence-electron chi connectivity index (χ4n) is 4.50. The Morgan fingerprint density at radius 1 is 0.917 bits per heavy atom. The van der Waals surface area contributed by atoms with Crippen molar-refractivity contribution >= 4 is 27.3 Å². The second kappa shape index (κ2) is 11.0. The Morgan fingerprint density at radius 3 is 2.22 bits per heavy atom. The van der Waals surface area contributed by atoms with Gasteiger partial charge in [0.15, 0.2) is 0 Å². The number of sulfonamides is 1. The molecule has 0 aromatic heterocycles. The molecule has 0 aliphatic carbocycles. The lowest BCUT2D eigenvalue weighted by Crippen LogP contribution is -2.52. The molecule has 1 amide bonds. The van der Waals surface area contributed by atoms with Gasteiger partial charge >= 0.3 is 0 Å². The van der Waals surface area contributed by atoms with Gasteiger partial charge in [0.2, 0.25) is 5.91 Å². The van der Waals surface area contributed by atoms with E-state index in [-0.39, 0.29) is 17.3 Å². The van der Waals surface area contributed by atoms with E-state index in [0.29, 0.717) is 38.3 Å². The van der Waals surface area contributed by atoms with E-state index in [4.69, 9.17) is 4.74 Å². The molecule has 8 heteroatoms. The van der Waals surface area contributed by atoms with E-state index in [1.807, 2.05) is 56.3 Å². The molecule has 0 bridgehead atoms. The molecule has 0 spiro atoms. The van der Waals surface area contributed by atoms with Gasteiger partial charge in [0.25, 0.3) is 10.0 Å². The first kappa shape index (κ1) is 25.6. The van der Waals surface area contributed by atoms with E-state index in [1.165, 1.54) is 4.31 Å². The molecule has 190 valence electrons. The summed E-state index contributed by atoms with van der Waals surface area (Å²) in [6.45, 7) is 5.94. The molecule has 7 nitrogen and oxygen atoms in total. The predicted molar refractivity (Wildman–Crippen MR) is 143 cm³/mol. The Kier molecular flexibility index (Phi) is 7.84. The van der Waals surface area contributed by atoms with Crippen LogP contribution >= 0.6 is 0 Å². The van der Waals surface area contributed by atoms with Crippen LogP contribution in [0.25, 0.3) is 0 Å². The first-order valence-corrected chi connectivity index (χ1v) is 13.6. The minimum absolute atomic E-state index is 0.174. The number of ether oxygens (including phenoxy) is 1. The van der Waals surface area contributed by atoms with Crippen LogP contribution in [0.15, 0.2) is 77.7 Å². The summed E-state index contributed by atoms with van der Waals surface area (Å²) >= 11 is 0. The van der Waals surface area contributed by atoms with E-state index in [0.717, 1.165) is 22.6 Å². The second-order valence-corrected chi connectivity index (χ2v) is 10.7. The van der Waals surface area contributed by atoms with Gasteiger partial charge in [-0.25, -0.2) is 8.42 Å². The highest BCUT2D eigenvalue weighted by molar-refractivity contribution is 7.92. The third-order valence-corrected chi connectivity index (χ3v) is 8.36. The van der Waals surface area contributed by atoms with E-state index in [2.05, 4.69) is 4.90 Å². The van der Waals surface area contributed by atoms with Crippen LogP contribution in [0.4, 0.5) is 11.4 Å². The summed E-state index contributed by atoms with van der Waals surface area (Å²) in [5.41, 5.74) is 3.38. The average Bonchev–Trinajstić information content (AvgIpc) is 2.91. The van der Waals surface area contributed by atoms with Gasteiger partial charge in [0, 0.05) is 26.2 Å². The molecule has 0 atom stereocenters. The smallest absolute Gasteiger partial charge is 0.264 e. The lowest BCUT2D eigenvalue weighted by atomic mass is 10.1. The molecule has 0 saturated carbocycles. The SMILES string of the molecule is CCc1ccccc1N(CC(=O)N1CCN(c2ccccc2OC)CC1)S(=O)(=O)c1ccc(C)cc1. The van der Waals surface area contributed by atoms with Crippen LogP contribution < -0.4 is 13.9 Å². The highest BCUT2D eigenvalue weighted by Crippen LogP contribution is 2.30. The van der Waals surface area contributed by atoms with Gasteiger partial charge in [-0.15, -0.1) is 0 Å². The molecular formula is C28H33N3O4S. The number of anilines is 2. The molecule has 3 aromatic rings. The van der Waals surface area contributed by atoms with Crippen LogP contribution in [0, 0.1) is 6.92 Å². The Hall–Kier alpha value is -3.52. The highest BCUT2D eigenvalue weighted by Gasteiger charge is 2.31. The lowest BCUT2D eigenvalue weighted by Gasteiger charge is -2.37. The summed E-state index contributed by atoms with van der Waals surface area (Å²) in [5, 5.41) is 0. The maximum atomic E-state index is 13.8. The summed E-state index contributed by atoms with van der Waals surface area (Å²) < 4.78 is 34.3. The largest absolute Gasteiger partial charge is 0.495 e. The van der Waals surface area contributed by atoms with E-state index < -0.39 is 10.0 Å². The number of nitrogens with zero attached hydrogens (tertiary/aromatic N) is 3. The number of methoxy groups -OCH3 is 1. The van der Waals surface area contributed by atoms with Gasteiger partial charge in [-0.2, -0.15) is 0 Å². The van der Waals surface area contributed by atoms with Gasteiger partial charge in [-0.1, -0.05) is 55.0 Å². The summed E-state index contributed by atoms with van der Waals surface area (Å²) in [5.74, 6) is 0.583. The van der Waals surface area contributed by atoms with Crippen LogP contribution in [-0.4, -0.2) is 59.1 Å². The first-order chi connectivity index (χ1) is 17.3. The fraction of sp³-hybridized carbons (Fsp3) is 0.321. The number of amides is 1. The Bertz CT molecular complexity index is 1300. The van der Waals surface area contributed by atoms with E-state index in [1.54, 1.807) is 42.3 Å². The van der Waals surface area contributed by atoms with Crippen molar-refractivity contribution in [2.45, 2.75) is 25.2 Å². The molecule has 36 heavy (non-hydrogen) atoms. The molecule has 1 fully saturated rings. The maximum Gasteiger partial charge on any atom is 0.264 e. The number of hydrogen-bond acceptors (Lipinski definition) is 5. The van der Waals surface area contributed by atoms with Crippen LogP contribution in [0.2, 0.25) is 0 Å². The number of para-hydroxylation sites is 3. The second-order valence-electron chi connectivity index (χ2n) is 8.85. The van der Waals surface area contributed by atoms with Crippen molar-refractivity contribution in [2.75, 3.05) is 49.0 Å². The molecule has 0 radical (unpaired) electrons. The van der Waals surface area contributed by atoms with Gasteiger partial charge < -0.3 is 14.5 Å². The quantitative estimate of drug-likeness (QED) is 0.459. The molecule has 0 N–H and O–H groups in total. The average molecular weight is 508 g/mol. The molecule has 4 rings (SSSR count). The number of aryl methyl sites for hydroxylation is 2. The van der Waals surface area contributed by atoms with Crippen molar-refractivity contribution in [1.82, 2.24) is 4.90 Å². The molecule has 0 unspecified atom stereocenters. The summed E-state index contributed by atoms with van der Waals surface area (Å²) in [6.07, 6.45) is 0.655. The summed E-state index contributed by atoms with van der Waals surface area (Å²) in [6, 6.07) is 22.0. The molecular weight excluding hydrogens is 474 g/mol. The molecule has 3 aromatic carbocycles. The Balaban J connectivity index is 1.57. The van der Waals surface area contributed by atoms with Crippen molar-refractivity contribution in [1.29, 1.82) is 0 Å². The van der Waals surface area contributed by atoms with Crippen molar-refractivity contribution < 1.29 is 17.9 Å². The number of hydrogen-bond donors (Lipinski definition) is 0. The zero-order valence-electron chi connectivity index (χ0n) is 21.1. The summed E-state index contributed by atoms with van der Waals surface area (Å²) in [4.78, 5) is 17.6. The maximum absolute atomic E-state index is 13.8. The fourth-order valence-corrected chi connectivity index (χ4v) is 5.95. The van der Waals surface area contributed by atoms with Crippen LogP contribution in [0.3, 0.4) is 0 Å².